The Morgan fingerprint density at radius 1 is 1.50 bits per heavy atom. The van der Waals surface area contributed by atoms with Crippen molar-refractivity contribution in [2.45, 2.75) is 17.9 Å². The topological polar surface area (TPSA) is 97.5 Å². The van der Waals surface area contributed by atoms with Gasteiger partial charge in [-0.15, -0.1) is 0 Å². The zero-order valence-corrected chi connectivity index (χ0v) is 12.3. The standard InChI is InChI=1S/C12H20N4O3S/c1-16(9-10-4-7-19-8-5-10)20(17,18)12-11(15-13)3-2-6-14-12/h2-3,6,10,15H,4-5,7-9,13H2,1H3. The highest BCUT2D eigenvalue weighted by Gasteiger charge is 2.28. The third-order valence-corrected chi connectivity index (χ3v) is 5.22. The molecular formula is C12H20N4O3S. The van der Waals surface area contributed by atoms with Gasteiger partial charge in [-0.05, 0) is 30.9 Å². The van der Waals surface area contributed by atoms with Crippen LogP contribution in [0.5, 0.6) is 0 Å². The first-order valence-corrected chi connectivity index (χ1v) is 7.95. The highest BCUT2D eigenvalue weighted by molar-refractivity contribution is 7.89. The van der Waals surface area contributed by atoms with Crippen molar-refractivity contribution in [1.82, 2.24) is 9.29 Å². The molecule has 2 heterocycles. The van der Waals surface area contributed by atoms with E-state index in [0.29, 0.717) is 31.4 Å². The number of hydrazine groups is 1. The summed E-state index contributed by atoms with van der Waals surface area (Å²) in [6, 6.07) is 3.22. The van der Waals surface area contributed by atoms with Crippen molar-refractivity contribution in [2.75, 3.05) is 32.2 Å². The van der Waals surface area contributed by atoms with Gasteiger partial charge in [0, 0.05) is 33.0 Å². The maximum atomic E-state index is 12.5. The third kappa shape index (κ3) is 3.26. The maximum Gasteiger partial charge on any atom is 0.262 e. The van der Waals surface area contributed by atoms with Gasteiger partial charge in [-0.2, -0.15) is 4.31 Å². The fourth-order valence-corrected chi connectivity index (χ4v) is 3.55. The van der Waals surface area contributed by atoms with Crippen LogP contribution in [0.4, 0.5) is 5.69 Å². The lowest BCUT2D eigenvalue weighted by atomic mass is 10.0. The lowest BCUT2D eigenvalue weighted by molar-refractivity contribution is 0.0620. The van der Waals surface area contributed by atoms with Crippen molar-refractivity contribution >= 4 is 15.7 Å². The molecule has 112 valence electrons. The van der Waals surface area contributed by atoms with E-state index >= 15 is 0 Å². The van der Waals surface area contributed by atoms with Crippen molar-refractivity contribution in [1.29, 1.82) is 0 Å². The summed E-state index contributed by atoms with van der Waals surface area (Å²) >= 11 is 0. The van der Waals surface area contributed by atoms with Crippen molar-refractivity contribution in [2.24, 2.45) is 11.8 Å². The Balaban J connectivity index is 2.16. The Morgan fingerprint density at radius 2 is 2.20 bits per heavy atom. The lowest BCUT2D eigenvalue weighted by Crippen LogP contribution is -2.35. The van der Waals surface area contributed by atoms with Crippen LogP contribution in [0.2, 0.25) is 0 Å². The van der Waals surface area contributed by atoms with Gasteiger partial charge in [-0.1, -0.05) is 0 Å². The minimum absolute atomic E-state index is 0.0444. The Morgan fingerprint density at radius 3 is 2.85 bits per heavy atom. The van der Waals surface area contributed by atoms with Gasteiger partial charge in [0.05, 0.1) is 5.69 Å². The molecule has 3 N–H and O–H groups in total. The summed E-state index contributed by atoms with van der Waals surface area (Å²) in [5, 5.41) is -0.0444. The van der Waals surface area contributed by atoms with Crippen LogP contribution in [0, 0.1) is 5.92 Å². The van der Waals surface area contributed by atoms with E-state index < -0.39 is 10.0 Å². The first kappa shape index (κ1) is 15.2. The number of nitrogens with one attached hydrogen (secondary N) is 1. The Hall–Kier alpha value is -1.22. The molecule has 0 amide bonds. The quantitative estimate of drug-likeness (QED) is 0.604. The van der Waals surface area contributed by atoms with Crippen LogP contribution < -0.4 is 11.3 Å². The number of rotatable bonds is 5. The number of nitrogen functional groups attached to an aromatic ring is 1. The predicted molar refractivity (Wildman–Crippen MR) is 75.4 cm³/mol. The average molecular weight is 300 g/mol. The second kappa shape index (κ2) is 6.49. The van der Waals surface area contributed by atoms with Crippen LogP contribution in [0.15, 0.2) is 23.4 Å². The van der Waals surface area contributed by atoms with Gasteiger partial charge in [0.1, 0.15) is 0 Å². The van der Waals surface area contributed by atoms with Crippen molar-refractivity contribution in [3.8, 4) is 0 Å². The molecule has 1 saturated heterocycles. The van der Waals surface area contributed by atoms with E-state index in [-0.39, 0.29) is 5.03 Å². The second-order valence-corrected chi connectivity index (χ2v) is 6.80. The van der Waals surface area contributed by atoms with E-state index in [2.05, 4.69) is 10.4 Å². The van der Waals surface area contributed by atoms with Crippen molar-refractivity contribution < 1.29 is 13.2 Å². The first-order valence-electron chi connectivity index (χ1n) is 6.51. The number of pyridine rings is 1. The predicted octanol–water partition coefficient (Wildman–Crippen LogP) is 0.414. The monoisotopic (exact) mass is 300 g/mol. The molecular weight excluding hydrogens is 280 g/mol. The summed E-state index contributed by atoms with van der Waals surface area (Å²) in [6.07, 6.45) is 3.20. The molecule has 0 bridgehead atoms. The molecule has 0 atom stereocenters. The largest absolute Gasteiger partial charge is 0.381 e. The van der Waals surface area contributed by atoms with Gasteiger partial charge in [-0.3, -0.25) is 5.84 Å². The molecule has 1 aliphatic rings. The number of sulfonamides is 1. The van der Waals surface area contributed by atoms with E-state index in [1.54, 1.807) is 19.2 Å². The number of ether oxygens (including phenoxy) is 1. The van der Waals surface area contributed by atoms with Gasteiger partial charge >= 0.3 is 0 Å². The maximum absolute atomic E-state index is 12.5. The van der Waals surface area contributed by atoms with Gasteiger partial charge in [-0.25, -0.2) is 13.4 Å². The van der Waals surface area contributed by atoms with Crippen LogP contribution in [-0.4, -0.2) is 44.5 Å². The summed E-state index contributed by atoms with van der Waals surface area (Å²) in [6.45, 7) is 1.85. The Kier molecular flexibility index (Phi) is 4.92. The summed E-state index contributed by atoms with van der Waals surface area (Å²) < 4.78 is 31.7. The van der Waals surface area contributed by atoms with Crippen LogP contribution in [-0.2, 0) is 14.8 Å². The smallest absolute Gasteiger partial charge is 0.262 e. The summed E-state index contributed by atoms with van der Waals surface area (Å²) in [5.41, 5.74) is 2.67. The molecule has 0 spiro atoms. The average Bonchev–Trinajstić information content (AvgIpc) is 2.48. The molecule has 0 saturated carbocycles. The van der Waals surface area contributed by atoms with Gasteiger partial charge in [0.2, 0.25) is 0 Å². The van der Waals surface area contributed by atoms with Crippen LogP contribution in [0.25, 0.3) is 0 Å². The highest BCUT2D eigenvalue weighted by Crippen LogP contribution is 2.23. The molecule has 1 aromatic rings. The third-order valence-electron chi connectivity index (χ3n) is 3.44. The summed E-state index contributed by atoms with van der Waals surface area (Å²) in [7, 11) is -2.07. The molecule has 1 fully saturated rings. The number of hydrogen-bond acceptors (Lipinski definition) is 6. The van der Waals surface area contributed by atoms with E-state index in [9.17, 15) is 8.42 Å². The fourth-order valence-electron chi connectivity index (χ4n) is 2.24. The molecule has 8 heteroatoms. The van der Waals surface area contributed by atoms with Gasteiger partial charge in [0.25, 0.3) is 10.0 Å². The molecule has 2 rings (SSSR count). The van der Waals surface area contributed by atoms with E-state index in [0.717, 1.165) is 12.8 Å². The van der Waals surface area contributed by atoms with Crippen molar-refractivity contribution in [3.05, 3.63) is 18.3 Å². The van der Waals surface area contributed by atoms with E-state index in [4.69, 9.17) is 10.6 Å². The number of anilines is 1. The molecule has 1 aliphatic heterocycles. The highest BCUT2D eigenvalue weighted by atomic mass is 32.2. The molecule has 0 aromatic carbocycles. The summed E-state index contributed by atoms with van der Waals surface area (Å²) in [5.74, 6) is 5.66. The number of aromatic nitrogens is 1. The molecule has 0 aliphatic carbocycles. The van der Waals surface area contributed by atoms with E-state index in [1.807, 2.05) is 0 Å². The minimum atomic E-state index is -3.64. The zero-order chi connectivity index (χ0) is 14.6. The molecule has 7 nitrogen and oxygen atoms in total. The zero-order valence-electron chi connectivity index (χ0n) is 11.4. The lowest BCUT2D eigenvalue weighted by Gasteiger charge is -2.26. The number of hydrogen-bond donors (Lipinski definition) is 2. The molecule has 0 radical (unpaired) electrons. The Bertz CT molecular complexity index is 543. The Labute approximate surface area is 119 Å². The fraction of sp³-hybridized carbons (Fsp3) is 0.583. The molecule has 1 aromatic heterocycles. The SMILES string of the molecule is CN(CC1CCOCC1)S(=O)(=O)c1ncccc1NN. The first-order chi connectivity index (χ1) is 9.55. The van der Waals surface area contributed by atoms with E-state index in [1.165, 1.54) is 10.5 Å². The van der Waals surface area contributed by atoms with Crippen molar-refractivity contribution in [3.63, 3.8) is 0 Å². The van der Waals surface area contributed by atoms with Crippen LogP contribution >= 0.6 is 0 Å². The second-order valence-electron chi connectivity index (χ2n) is 4.84. The minimum Gasteiger partial charge on any atom is -0.381 e. The van der Waals surface area contributed by atoms with Crippen LogP contribution in [0.1, 0.15) is 12.8 Å². The van der Waals surface area contributed by atoms with Gasteiger partial charge < -0.3 is 10.2 Å². The number of nitrogens with zero attached hydrogens (tertiary/aromatic N) is 2. The van der Waals surface area contributed by atoms with Crippen LogP contribution in [0.3, 0.4) is 0 Å². The summed E-state index contributed by atoms with van der Waals surface area (Å²) in [4.78, 5) is 3.94. The molecule has 0 unspecified atom stereocenters. The van der Waals surface area contributed by atoms with Gasteiger partial charge in [0.15, 0.2) is 5.03 Å². The normalized spacial score (nSPS) is 17.4. The molecule has 20 heavy (non-hydrogen) atoms. The number of nitrogens with two attached hydrogens (primary N) is 1.